The first-order valence-corrected chi connectivity index (χ1v) is 11.1. The van der Waals surface area contributed by atoms with Gasteiger partial charge in [-0.25, -0.2) is 8.78 Å². The van der Waals surface area contributed by atoms with Crippen LogP contribution in [-0.2, 0) is 16.8 Å². The van der Waals surface area contributed by atoms with Gasteiger partial charge in [-0.1, -0.05) is 6.07 Å². The van der Waals surface area contributed by atoms with Gasteiger partial charge in [0.15, 0.2) is 11.4 Å². The Labute approximate surface area is 207 Å². The van der Waals surface area contributed by atoms with Gasteiger partial charge in [0.1, 0.15) is 17.2 Å². The second kappa shape index (κ2) is 9.94. The number of nitrogens with one attached hydrogen (secondary N) is 1. The Balaban J connectivity index is 0.00000342. The average molecular weight is 512 g/mol. The molecule has 0 radical (unpaired) electrons. The van der Waals surface area contributed by atoms with Crippen LogP contribution in [0.2, 0.25) is 0 Å². The Morgan fingerprint density at radius 2 is 1.97 bits per heavy atom. The van der Waals surface area contributed by atoms with Crippen LogP contribution in [0.5, 0.6) is 5.75 Å². The lowest BCUT2D eigenvalue weighted by Crippen LogP contribution is -2.62. The summed E-state index contributed by atoms with van der Waals surface area (Å²) in [6.07, 6.45) is 2.61. The van der Waals surface area contributed by atoms with E-state index in [4.69, 9.17) is 4.74 Å². The first-order valence-electron chi connectivity index (χ1n) is 11.1. The number of rotatable bonds is 6. The van der Waals surface area contributed by atoms with Crippen molar-refractivity contribution >= 4 is 24.2 Å². The highest BCUT2D eigenvalue weighted by atomic mass is 35.5. The Bertz CT molecular complexity index is 1210. The number of halogens is 3. The lowest BCUT2D eigenvalue weighted by atomic mass is 9.66. The SMILES string of the molecule is COC[C@H]1C[C@]2(CN(C(C)C)C(=O)c3c(O)c(=O)c(C(=O)NCc4ccc(F)cc4F)cn32)C1.Cl. The highest BCUT2D eigenvalue weighted by Gasteiger charge is 2.52. The second-order valence-electron chi connectivity index (χ2n) is 9.34. The molecule has 11 heteroatoms. The average Bonchev–Trinajstić information content (AvgIpc) is 2.75. The molecule has 190 valence electrons. The molecule has 2 aromatic rings. The minimum atomic E-state index is -0.981. The fourth-order valence-corrected chi connectivity index (χ4v) is 4.99. The first kappa shape index (κ1) is 26.6. The molecule has 8 nitrogen and oxygen atoms in total. The van der Waals surface area contributed by atoms with E-state index in [0.29, 0.717) is 32.1 Å². The van der Waals surface area contributed by atoms with E-state index in [1.54, 1.807) is 16.6 Å². The maximum atomic E-state index is 13.9. The predicted molar refractivity (Wildman–Crippen MR) is 126 cm³/mol. The zero-order chi connectivity index (χ0) is 24.8. The van der Waals surface area contributed by atoms with Gasteiger partial charge >= 0.3 is 0 Å². The minimum Gasteiger partial charge on any atom is -0.503 e. The van der Waals surface area contributed by atoms with Crippen LogP contribution in [-0.4, -0.2) is 52.7 Å². The smallest absolute Gasteiger partial charge is 0.274 e. The van der Waals surface area contributed by atoms with E-state index in [1.807, 2.05) is 13.8 Å². The lowest BCUT2D eigenvalue weighted by Gasteiger charge is -2.55. The van der Waals surface area contributed by atoms with Crippen LogP contribution in [0.3, 0.4) is 0 Å². The standard InChI is InChI=1S/C24H27F2N3O5.ClH/c1-13(2)28-12-24(7-14(8-24)11-34-3)29-10-17(20(30)21(31)19(29)23(28)33)22(32)27-9-15-4-5-16(25)6-18(15)26;/h4-6,10,13-14,31H,7-9,11-12H2,1-3H3,(H,27,32);1H/t14-,24+;. The van der Waals surface area contributed by atoms with Gasteiger partial charge in [-0.3, -0.25) is 14.4 Å². The summed E-state index contributed by atoms with van der Waals surface area (Å²) >= 11 is 0. The normalized spacial score (nSPS) is 20.9. The van der Waals surface area contributed by atoms with Crippen molar-refractivity contribution in [1.29, 1.82) is 0 Å². The summed E-state index contributed by atoms with van der Waals surface area (Å²) in [4.78, 5) is 40.5. The number of pyridine rings is 1. The van der Waals surface area contributed by atoms with Gasteiger partial charge < -0.3 is 24.6 Å². The molecule has 0 saturated heterocycles. The van der Waals surface area contributed by atoms with Crippen LogP contribution < -0.4 is 10.7 Å². The van der Waals surface area contributed by atoms with Gasteiger partial charge in [-0.15, -0.1) is 12.4 Å². The number of methoxy groups -OCH3 is 1. The van der Waals surface area contributed by atoms with Crippen LogP contribution in [0.15, 0.2) is 29.2 Å². The minimum absolute atomic E-state index is 0. The molecule has 0 atom stereocenters. The molecule has 2 heterocycles. The van der Waals surface area contributed by atoms with Crippen molar-refractivity contribution in [3.63, 3.8) is 0 Å². The maximum Gasteiger partial charge on any atom is 0.274 e. The predicted octanol–water partition coefficient (Wildman–Crippen LogP) is 2.80. The molecule has 1 aromatic heterocycles. The number of ether oxygens (including phenoxy) is 1. The summed E-state index contributed by atoms with van der Waals surface area (Å²) in [6.45, 7) is 4.35. The van der Waals surface area contributed by atoms with Crippen LogP contribution in [0, 0.1) is 17.6 Å². The molecule has 4 rings (SSSR count). The van der Waals surface area contributed by atoms with E-state index >= 15 is 0 Å². The fourth-order valence-electron chi connectivity index (χ4n) is 4.99. The number of hydrogen-bond donors (Lipinski definition) is 2. The number of aromatic hydroxyl groups is 1. The fraction of sp³-hybridized carbons (Fsp3) is 0.458. The van der Waals surface area contributed by atoms with Crippen molar-refractivity contribution in [2.45, 2.75) is 44.8 Å². The first-order chi connectivity index (χ1) is 16.1. The number of benzene rings is 1. The number of fused-ring (bicyclic) bond motifs is 2. The van der Waals surface area contributed by atoms with Crippen molar-refractivity contribution in [2.75, 3.05) is 20.3 Å². The van der Waals surface area contributed by atoms with Crippen molar-refractivity contribution < 1.29 is 28.2 Å². The summed E-state index contributed by atoms with van der Waals surface area (Å²) in [5.74, 6) is -3.44. The van der Waals surface area contributed by atoms with Gasteiger partial charge in [0.2, 0.25) is 5.43 Å². The van der Waals surface area contributed by atoms with Gasteiger partial charge in [0, 0.05) is 50.7 Å². The zero-order valence-electron chi connectivity index (χ0n) is 19.6. The van der Waals surface area contributed by atoms with E-state index in [2.05, 4.69) is 5.32 Å². The van der Waals surface area contributed by atoms with Gasteiger partial charge in [0.25, 0.3) is 11.8 Å². The largest absolute Gasteiger partial charge is 0.503 e. The molecular formula is C24H28ClF2N3O5. The summed E-state index contributed by atoms with van der Waals surface area (Å²) in [6, 6.07) is 2.81. The van der Waals surface area contributed by atoms with E-state index in [1.165, 1.54) is 12.3 Å². The summed E-state index contributed by atoms with van der Waals surface area (Å²) in [5.41, 5.74) is -2.02. The van der Waals surface area contributed by atoms with Crippen molar-refractivity contribution in [3.8, 4) is 5.75 Å². The Kier molecular flexibility index (Phi) is 7.56. The highest BCUT2D eigenvalue weighted by molar-refractivity contribution is 5.99. The molecule has 1 saturated carbocycles. The molecule has 2 amide bonds. The van der Waals surface area contributed by atoms with E-state index in [0.717, 1.165) is 6.07 Å². The number of aromatic nitrogens is 1. The summed E-state index contributed by atoms with van der Waals surface area (Å²) in [7, 11) is 1.61. The number of nitrogens with zero attached hydrogens (tertiary/aromatic N) is 2. The third-order valence-corrected chi connectivity index (χ3v) is 6.68. The van der Waals surface area contributed by atoms with Crippen molar-refractivity contribution in [1.82, 2.24) is 14.8 Å². The van der Waals surface area contributed by atoms with Crippen LogP contribution >= 0.6 is 12.4 Å². The molecule has 1 aromatic carbocycles. The van der Waals surface area contributed by atoms with Crippen LogP contribution in [0.1, 0.15) is 53.1 Å². The molecule has 1 spiro atoms. The summed E-state index contributed by atoms with van der Waals surface area (Å²) < 4.78 is 33.9. The summed E-state index contributed by atoms with van der Waals surface area (Å²) in [5, 5.41) is 13.2. The Hall–Kier alpha value is -2.98. The zero-order valence-corrected chi connectivity index (χ0v) is 20.5. The number of hydrogen-bond acceptors (Lipinski definition) is 5. The topological polar surface area (TPSA) is 101 Å². The Morgan fingerprint density at radius 1 is 1.29 bits per heavy atom. The third-order valence-electron chi connectivity index (χ3n) is 6.68. The molecule has 1 aliphatic carbocycles. The highest BCUT2D eigenvalue weighted by Crippen LogP contribution is 2.48. The monoisotopic (exact) mass is 511 g/mol. The molecule has 1 aliphatic heterocycles. The molecule has 2 aliphatic rings. The van der Waals surface area contributed by atoms with Crippen molar-refractivity contribution in [3.05, 3.63) is 63.1 Å². The quantitative estimate of drug-likeness (QED) is 0.621. The van der Waals surface area contributed by atoms with E-state index in [9.17, 15) is 28.3 Å². The molecular weight excluding hydrogens is 484 g/mol. The maximum absolute atomic E-state index is 13.9. The van der Waals surface area contributed by atoms with E-state index in [-0.39, 0.29) is 47.7 Å². The van der Waals surface area contributed by atoms with Crippen LogP contribution in [0.25, 0.3) is 0 Å². The second-order valence-corrected chi connectivity index (χ2v) is 9.34. The Morgan fingerprint density at radius 3 is 2.57 bits per heavy atom. The lowest BCUT2D eigenvalue weighted by molar-refractivity contribution is -0.0284. The van der Waals surface area contributed by atoms with Gasteiger partial charge in [-0.2, -0.15) is 0 Å². The molecule has 0 unspecified atom stereocenters. The van der Waals surface area contributed by atoms with E-state index < -0.39 is 40.2 Å². The van der Waals surface area contributed by atoms with Gasteiger partial charge in [0.05, 0.1) is 5.54 Å². The van der Waals surface area contributed by atoms with Gasteiger partial charge in [-0.05, 0) is 38.7 Å². The van der Waals surface area contributed by atoms with Crippen molar-refractivity contribution in [2.24, 2.45) is 5.92 Å². The molecule has 0 bridgehead atoms. The number of carbonyl (C=O) groups is 2. The number of carbonyl (C=O) groups excluding carboxylic acids is 2. The third kappa shape index (κ3) is 4.64. The number of amides is 2. The molecule has 1 fully saturated rings. The molecule has 2 N–H and O–H groups in total. The van der Waals surface area contributed by atoms with Crippen LogP contribution in [0.4, 0.5) is 8.78 Å². The molecule has 35 heavy (non-hydrogen) atoms.